The maximum atomic E-state index is 11.7. The molecule has 0 fully saturated rings. The predicted octanol–water partition coefficient (Wildman–Crippen LogP) is 3.00. The highest BCUT2D eigenvalue weighted by molar-refractivity contribution is 5.77. The van der Waals surface area contributed by atoms with Crippen LogP contribution in [0.2, 0.25) is 0 Å². The first-order chi connectivity index (χ1) is 9.65. The van der Waals surface area contributed by atoms with Gasteiger partial charge in [0.25, 0.3) is 5.91 Å². The zero-order valence-corrected chi connectivity index (χ0v) is 11.8. The first kappa shape index (κ1) is 14.1. The molecule has 0 saturated heterocycles. The average Bonchev–Trinajstić information content (AvgIpc) is 2.44. The van der Waals surface area contributed by atoms with Gasteiger partial charge in [-0.15, -0.1) is 0 Å². The van der Waals surface area contributed by atoms with Crippen LogP contribution >= 0.6 is 0 Å². The molecule has 104 valence electrons. The van der Waals surface area contributed by atoms with E-state index in [0.29, 0.717) is 6.54 Å². The van der Waals surface area contributed by atoms with Crippen LogP contribution in [0.3, 0.4) is 0 Å². The van der Waals surface area contributed by atoms with E-state index in [-0.39, 0.29) is 12.5 Å². The topological polar surface area (TPSA) is 38.3 Å². The van der Waals surface area contributed by atoms with Crippen LogP contribution in [0.1, 0.15) is 16.7 Å². The van der Waals surface area contributed by atoms with Crippen LogP contribution in [0.15, 0.2) is 48.5 Å². The summed E-state index contributed by atoms with van der Waals surface area (Å²) in [6.07, 6.45) is 0. The van der Waals surface area contributed by atoms with Gasteiger partial charge in [-0.3, -0.25) is 4.79 Å². The predicted molar refractivity (Wildman–Crippen MR) is 79.7 cm³/mol. The number of carbonyl (C=O) groups excluding carboxylic acids is 1. The van der Waals surface area contributed by atoms with E-state index < -0.39 is 0 Å². The van der Waals surface area contributed by atoms with Crippen LogP contribution in [0.4, 0.5) is 0 Å². The van der Waals surface area contributed by atoms with Crippen LogP contribution in [0.25, 0.3) is 0 Å². The fourth-order valence-corrected chi connectivity index (χ4v) is 1.94. The van der Waals surface area contributed by atoms with Crippen molar-refractivity contribution in [2.45, 2.75) is 20.4 Å². The number of amides is 1. The molecule has 0 atom stereocenters. The minimum absolute atomic E-state index is 0.0384. The average molecular weight is 269 g/mol. The summed E-state index contributed by atoms with van der Waals surface area (Å²) < 4.78 is 5.50. The van der Waals surface area contributed by atoms with Crippen molar-refractivity contribution >= 4 is 5.91 Å². The molecule has 3 heteroatoms. The Balaban J connectivity index is 1.80. The zero-order valence-electron chi connectivity index (χ0n) is 11.8. The monoisotopic (exact) mass is 269 g/mol. The van der Waals surface area contributed by atoms with Crippen molar-refractivity contribution in [1.82, 2.24) is 5.32 Å². The van der Waals surface area contributed by atoms with Gasteiger partial charge in [0.05, 0.1) is 0 Å². The second kappa shape index (κ2) is 6.75. The fraction of sp³-hybridized carbons (Fsp3) is 0.235. The third kappa shape index (κ3) is 4.12. The summed E-state index contributed by atoms with van der Waals surface area (Å²) in [5.74, 6) is 0.632. The van der Waals surface area contributed by atoms with Gasteiger partial charge >= 0.3 is 0 Å². The lowest BCUT2D eigenvalue weighted by molar-refractivity contribution is -0.123. The molecule has 0 aliphatic heterocycles. The standard InChI is InChI=1S/C17H19NO2/c1-13-6-5-8-15(10-13)11-18-17(19)12-20-16-9-4-3-7-14(16)2/h3-10H,11-12H2,1-2H3,(H,18,19). The lowest BCUT2D eigenvalue weighted by Gasteiger charge is -2.09. The summed E-state index contributed by atoms with van der Waals surface area (Å²) in [6, 6.07) is 15.7. The Bertz CT molecular complexity index is 593. The molecule has 2 aromatic carbocycles. The summed E-state index contributed by atoms with van der Waals surface area (Å²) in [5, 5.41) is 2.85. The number of nitrogens with one attached hydrogen (secondary N) is 1. The third-order valence-electron chi connectivity index (χ3n) is 3.02. The van der Waals surface area contributed by atoms with E-state index in [1.165, 1.54) is 5.56 Å². The molecule has 0 unspecified atom stereocenters. The van der Waals surface area contributed by atoms with E-state index in [1.54, 1.807) is 0 Å². The van der Waals surface area contributed by atoms with Crippen molar-refractivity contribution in [1.29, 1.82) is 0 Å². The van der Waals surface area contributed by atoms with E-state index in [1.807, 2.05) is 56.3 Å². The number of rotatable bonds is 5. The lowest BCUT2D eigenvalue weighted by atomic mass is 10.1. The fourth-order valence-electron chi connectivity index (χ4n) is 1.94. The van der Waals surface area contributed by atoms with Crippen molar-refractivity contribution in [2.24, 2.45) is 0 Å². The summed E-state index contributed by atoms with van der Waals surface area (Å²) in [4.78, 5) is 11.7. The van der Waals surface area contributed by atoms with Crippen molar-refractivity contribution in [3.8, 4) is 5.75 Å². The Morgan fingerprint density at radius 2 is 1.90 bits per heavy atom. The summed E-state index contributed by atoms with van der Waals surface area (Å²) in [6.45, 7) is 4.56. The zero-order chi connectivity index (χ0) is 14.4. The number of hydrogen-bond donors (Lipinski definition) is 1. The summed E-state index contributed by atoms with van der Waals surface area (Å²) in [5.41, 5.74) is 3.31. The smallest absolute Gasteiger partial charge is 0.258 e. The molecule has 20 heavy (non-hydrogen) atoms. The largest absolute Gasteiger partial charge is 0.484 e. The van der Waals surface area contributed by atoms with Crippen LogP contribution < -0.4 is 10.1 Å². The molecule has 0 aliphatic rings. The van der Waals surface area contributed by atoms with E-state index in [0.717, 1.165) is 16.9 Å². The van der Waals surface area contributed by atoms with E-state index >= 15 is 0 Å². The van der Waals surface area contributed by atoms with Gasteiger partial charge in [0, 0.05) is 6.54 Å². The van der Waals surface area contributed by atoms with E-state index in [9.17, 15) is 4.79 Å². The van der Waals surface area contributed by atoms with Crippen molar-refractivity contribution in [2.75, 3.05) is 6.61 Å². The Kier molecular flexibility index (Phi) is 4.77. The molecular formula is C17H19NO2. The second-order valence-corrected chi connectivity index (χ2v) is 4.82. The summed E-state index contributed by atoms with van der Waals surface area (Å²) in [7, 11) is 0. The van der Waals surface area contributed by atoms with Crippen LogP contribution in [0, 0.1) is 13.8 Å². The second-order valence-electron chi connectivity index (χ2n) is 4.82. The van der Waals surface area contributed by atoms with Crippen molar-refractivity contribution < 1.29 is 9.53 Å². The highest BCUT2D eigenvalue weighted by Crippen LogP contribution is 2.15. The quantitative estimate of drug-likeness (QED) is 0.906. The van der Waals surface area contributed by atoms with Crippen LogP contribution in [0.5, 0.6) is 5.75 Å². The molecule has 3 nitrogen and oxygen atoms in total. The lowest BCUT2D eigenvalue weighted by Crippen LogP contribution is -2.28. The van der Waals surface area contributed by atoms with E-state index in [4.69, 9.17) is 4.74 Å². The molecule has 0 heterocycles. The molecule has 2 aromatic rings. The highest BCUT2D eigenvalue weighted by atomic mass is 16.5. The minimum atomic E-state index is -0.116. The molecule has 0 aliphatic carbocycles. The maximum absolute atomic E-state index is 11.7. The van der Waals surface area contributed by atoms with Gasteiger partial charge in [0.1, 0.15) is 5.75 Å². The molecular weight excluding hydrogens is 250 g/mol. The van der Waals surface area contributed by atoms with Gasteiger partial charge in [-0.05, 0) is 31.0 Å². The first-order valence-corrected chi connectivity index (χ1v) is 6.66. The number of hydrogen-bond acceptors (Lipinski definition) is 2. The first-order valence-electron chi connectivity index (χ1n) is 6.66. The third-order valence-corrected chi connectivity index (χ3v) is 3.02. The van der Waals surface area contributed by atoms with Crippen molar-refractivity contribution in [3.05, 3.63) is 65.2 Å². The molecule has 1 N–H and O–H groups in total. The van der Waals surface area contributed by atoms with Gasteiger partial charge in [0.2, 0.25) is 0 Å². The van der Waals surface area contributed by atoms with Gasteiger partial charge < -0.3 is 10.1 Å². The van der Waals surface area contributed by atoms with Gasteiger partial charge in [-0.2, -0.15) is 0 Å². The molecule has 1 amide bonds. The Morgan fingerprint density at radius 1 is 1.10 bits per heavy atom. The SMILES string of the molecule is Cc1cccc(CNC(=O)COc2ccccc2C)c1. The molecule has 2 rings (SSSR count). The molecule has 0 spiro atoms. The van der Waals surface area contributed by atoms with Crippen molar-refractivity contribution in [3.63, 3.8) is 0 Å². The Labute approximate surface area is 119 Å². The van der Waals surface area contributed by atoms with Gasteiger partial charge in [-0.1, -0.05) is 48.0 Å². The maximum Gasteiger partial charge on any atom is 0.258 e. The Hall–Kier alpha value is -2.29. The minimum Gasteiger partial charge on any atom is -0.484 e. The number of aryl methyl sites for hydroxylation is 2. The van der Waals surface area contributed by atoms with Gasteiger partial charge in [-0.25, -0.2) is 0 Å². The molecule has 0 saturated carbocycles. The highest BCUT2D eigenvalue weighted by Gasteiger charge is 2.04. The molecule has 0 aromatic heterocycles. The van der Waals surface area contributed by atoms with Gasteiger partial charge in [0.15, 0.2) is 6.61 Å². The normalized spacial score (nSPS) is 10.1. The number of benzene rings is 2. The number of carbonyl (C=O) groups is 1. The van der Waals surface area contributed by atoms with Crippen LogP contribution in [-0.2, 0) is 11.3 Å². The molecule has 0 radical (unpaired) electrons. The summed E-state index contributed by atoms with van der Waals surface area (Å²) >= 11 is 0. The van der Waals surface area contributed by atoms with Crippen LogP contribution in [-0.4, -0.2) is 12.5 Å². The molecule has 0 bridgehead atoms. The number of ether oxygens (including phenoxy) is 1. The number of para-hydroxylation sites is 1. The Morgan fingerprint density at radius 3 is 2.65 bits per heavy atom. The van der Waals surface area contributed by atoms with E-state index in [2.05, 4.69) is 11.4 Å².